The molecule has 0 aliphatic heterocycles. The monoisotopic (exact) mass is 362 g/mol. The summed E-state index contributed by atoms with van der Waals surface area (Å²) in [6.07, 6.45) is 0. The van der Waals surface area contributed by atoms with Crippen LogP contribution in [0, 0.1) is 11.3 Å². The van der Waals surface area contributed by atoms with Crippen molar-refractivity contribution in [1.29, 1.82) is 5.26 Å². The number of anilines is 2. The molecule has 2 N–H and O–H groups in total. The zero-order valence-electron chi connectivity index (χ0n) is 11.4. The minimum absolute atomic E-state index is 0.428. The smallest absolute Gasteiger partial charge is 0.308 e. The zero-order valence-corrected chi connectivity index (χ0v) is 13.8. The van der Waals surface area contributed by atoms with Crippen LogP contribution in [-0.2, 0) is 0 Å². The molecule has 0 bridgehead atoms. The Balaban J connectivity index is 1.76. The molecule has 0 saturated carbocycles. The number of halogens is 2. The Morgan fingerprint density at radius 1 is 1.13 bits per heavy atom. The third kappa shape index (κ3) is 3.71. The van der Waals surface area contributed by atoms with Gasteiger partial charge in [0.1, 0.15) is 0 Å². The molecule has 0 unspecified atom stereocenters. The molecule has 23 heavy (non-hydrogen) atoms. The van der Waals surface area contributed by atoms with Crippen LogP contribution in [0.15, 0.2) is 36.4 Å². The molecule has 5 nitrogen and oxygen atoms in total. The van der Waals surface area contributed by atoms with Crippen LogP contribution >= 0.6 is 34.5 Å². The van der Waals surface area contributed by atoms with Crippen LogP contribution in [0.4, 0.5) is 15.6 Å². The zero-order chi connectivity index (χ0) is 16.4. The van der Waals surface area contributed by atoms with Crippen molar-refractivity contribution in [3.63, 3.8) is 0 Å². The lowest BCUT2D eigenvalue weighted by molar-refractivity contribution is 0.262. The summed E-state index contributed by atoms with van der Waals surface area (Å²) in [5.41, 5.74) is 1.74. The first-order valence-electron chi connectivity index (χ1n) is 6.38. The number of aromatic nitrogens is 1. The standard InChI is InChI=1S/C15H8Cl2N4OS/c16-9-4-10(17)6-11(5-9)19-14(22)21-15-20-12-2-1-8(7-18)3-13(12)23-15/h1-6H,(H2,19,20,21,22). The van der Waals surface area contributed by atoms with E-state index in [-0.39, 0.29) is 0 Å². The predicted octanol–water partition coefficient (Wildman–Crippen LogP) is 5.12. The Hall–Kier alpha value is -2.33. The number of amides is 2. The molecule has 1 heterocycles. The van der Waals surface area contributed by atoms with Crippen molar-refractivity contribution < 1.29 is 4.79 Å². The molecule has 3 aromatic rings. The molecular weight excluding hydrogens is 355 g/mol. The summed E-state index contributed by atoms with van der Waals surface area (Å²) in [6, 6.07) is 11.5. The van der Waals surface area contributed by atoms with Crippen LogP contribution in [-0.4, -0.2) is 11.0 Å². The van der Waals surface area contributed by atoms with Gasteiger partial charge in [-0.15, -0.1) is 0 Å². The first-order chi connectivity index (χ1) is 11.0. The highest BCUT2D eigenvalue weighted by Crippen LogP contribution is 2.27. The van der Waals surface area contributed by atoms with E-state index < -0.39 is 6.03 Å². The summed E-state index contributed by atoms with van der Waals surface area (Å²) < 4.78 is 0.824. The average Bonchev–Trinajstić information content (AvgIpc) is 2.86. The number of urea groups is 1. The summed E-state index contributed by atoms with van der Waals surface area (Å²) in [5.74, 6) is 0. The molecule has 3 rings (SSSR count). The van der Waals surface area contributed by atoms with Crippen molar-refractivity contribution in [1.82, 2.24) is 4.98 Å². The Morgan fingerprint density at radius 3 is 2.57 bits per heavy atom. The molecule has 0 aliphatic carbocycles. The van der Waals surface area contributed by atoms with E-state index >= 15 is 0 Å². The summed E-state index contributed by atoms with van der Waals surface area (Å²) in [5, 5.41) is 15.5. The van der Waals surface area contributed by atoms with Gasteiger partial charge in [-0.1, -0.05) is 34.5 Å². The molecule has 0 atom stereocenters. The van der Waals surface area contributed by atoms with Gasteiger partial charge < -0.3 is 5.32 Å². The highest BCUT2D eigenvalue weighted by molar-refractivity contribution is 7.22. The van der Waals surface area contributed by atoms with E-state index in [9.17, 15) is 4.79 Å². The van der Waals surface area contributed by atoms with E-state index in [2.05, 4.69) is 21.7 Å². The molecule has 2 amide bonds. The van der Waals surface area contributed by atoms with Gasteiger partial charge in [-0.2, -0.15) is 5.26 Å². The molecule has 1 aromatic heterocycles. The first-order valence-corrected chi connectivity index (χ1v) is 7.95. The average molecular weight is 363 g/mol. The maximum absolute atomic E-state index is 12.0. The Bertz CT molecular complexity index is 928. The summed E-state index contributed by atoms with van der Waals surface area (Å²) >= 11 is 13.1. The first kappa shape index (κ1) is 15.6. The van der Waals surface area contributed by atoms with Crippen LogP contribution < -0.4 is 10.6 Å². The van der Waals surface area contributed by atoms with Crippen LogP contribution in [0.1, 0.15) is 5.56 Å². The molecule has 0 radical (unpaired) electrons. The summed E-state index contributed by atoms with van der Waals surface area (Å²) in [6.45, 7) is 0. The number of carbonyl (C=O) groups is 1. The topological polar surface area (TPSA) is 77.8 Å². The minimum Gasteiger partial charge on any atom is -0.308 e. The molecule has 0 spiro atoms. The lowest BCUT2D eigenvalue weighted by atomic mass is 10.2. The Labute approximate surface area is 145 Å². The van der Waals surface area contributed by atoms with Crippen molar-refractivity contribution in [3.8, 4) is 6.07 Å². The molecule has 8 heteroatoms. The Kier molecular flexibility index (Phi) is 4.35. The van der Waals surface area contributed by atoms with Crippen LogP contribution in [0.3, 0.4) is 0 Å². The van der Waals surface area contributed by atoms with Gasteiger partial charge in [0.25, 0.3) is 0 Å². The second-order valence-corrected chi connectivity index (χ2v) is 6.45. The van der Waals surface area contributed by atoms with Gasteiger partial charge in [0, 0.05) is 15.7 Å². The quantitative estimate of drug-likeness (QED) is 0.663. The number of nitrogens with one attached hydrogen (secondary N) is 2. The van der Waals surface area contributed by atoms with Gasteiger partial charge in [0.15, 0.2) is 5.13 Å². The number of hydrogen-bond donors (Lipinski definition) is 2. The van der Waals surface area contributed by atoms with Gasteiger partial charge in [-0.05, 0) is 36.4 Å². The third-order valence-corrected chi connectivity index (χ3v) is 4.23. The second-order valence-electron chi connectivity index (χ2n) is 4.55. The minimum atomic E-state index is -0.456. The number of hydrogen-bond acceptors (Lipinski definition) is 4. The normalized spacial score (nSPS) is 10.3. The highest BCUT2D eigenvalue weighted by atomic mass is 35.5. The molecule has 0 aliphatic rings. The lowest BCUT2D eigenvalue weighted by Gasteiger charge is -2.06. The van der Waals surface area contributed by atoms with Crippen molar-refractivity contribution in [2.45, 2.75) is 0 Å². The van der Waals surface area contributed by atoms with E-state index in [4.69, 9.17) is 28.5 Å². The maximum atomic E-state index is 12.0. The fourth-order valence-corrected chi connectivity index (χ4v) is 3.36. The number of nitrogens with zero attached hydrogens (tertiary/aromatic N) is 2. The molecule has 2 aromatic carbocycles. The van der Waals surface area contributed by atoms with Crippen LogP contribution in [0.25, 0.3) is 10.2 Å². The highest BCUT2D eigenvalue weighted by Gasteiger charge is 2.09. The van der Waals surface area contributed by atoms with Crippen molar-refractivity contribution in [2.24, 2.45) is 0 Å². The summed E-state index contributed by atoms with van der Waals surface area (Å²) in [4.78, 5) is 16.3. The van der Waals surface area contributed by atoms with Crippen molar-refractivity contribution in [3.05, 3.63) is 52.0 Å². The third-order valence-electron chi connectivity index (χ3n) is 2.86. The number of benzene rings is 2. The summed E-state index contributed by atoms with van der Waals surface area (Å²) in [7, 11) is 0. The van der Waals surface area contributed by atoms with Crippen LogP contribution in [0.5, 0.6) is 0 Å². The van der Waals surface area contributed by atoms with Gasteiger partial charge in [0.05, 0.1) is 21.8 Å². The van der Waals surface area contributed by atoms with E-state index in [1.165, 1.54) is 11.3 Å². The van der Waals surface area contributed by atoms with E-state index in [1.807, 2.05) is 0 Å². The van der Waals surface area contributed by atoms with E-state index in [0.717, 1.165) is 10.2 Å². The van der Waals surface area contributed by atoms with Gasteiger partial charge in [0.2, 0.25) is 0 Å². The number of fused-ring (bicyclic) bond motifs is 1. The van der Waals surface area contributed by atoms with E-state index in [1.54, 1.807) is 36.4 Å². The Morgan fingerprint density at radius 2 is 1.87 bits per heavy atom. The second kappa shape index (κ2) is 6.42. The number of nitriles is 1. The fourth-order valence-electron chi connectivity index (χ4n) is 1.93. The molecular formula is C15H8Cl2N4OS. The van der Waals surface area contributed by atoms with Gasteiger partial charge >= 0.3 is 6.03 Å². The fraction of sp³-hybridized carbons (Fsp3) is 0. The predicted molar refractivity (Wildman–Crippen MR) is 93.4 cm³/mol. The SMILES string of the molecule is N#Cc1ccc2nc(NC(=O)Nc3cc(Cl)cc(Cl)c3)sc2c1. The number of carbonyl (C=O) groups excluding carboxylic acids is 1. The maximum Gasteiger partial charge on any atom is 0.325 e. The molecule has 0 saturated heterocycles. The lowest BCUT2D eigenvalue weighted by Crippen LogP contribution is -2.19. The molecule has 0 fully saturated rings. The molecule has 114 valence electrons. The van der Waals surface area contributed by atoms with Gasteiger partial charge in [-0.3, -0.25) is 5.32 Å². The van der Waals surface area contributed by atoms with Crippen LogP contribution in [0.2, 0.25) is 10.0 Å². The largest absolute Gasteiger partial charge is 0.325 e. The number of thiazole rings is 1. The van der Waals surface area contributed by atoms with Crippen molar-refractivity contribution in [2.75, 3.05) is 10.6 Å². The van der Waals surface area contributed by atoms with E-state index in [0.29, 0.717) is 26.4 Å². The number of rotatable bonds is 2. The van der Waals surface area contributed by atoms with Gasteiger partial charge in [-0.25, -0.2) is 9.78 Å². The van der Waals surface area contributed by atoms with Crippen molar-refractivity contribution >= 4 is 61.6 Å².